The summed E-state index contributed by atoms with van der Waals surface area (Å²) in [6, 6.07) is 5.31. The van der Waals surface area contributed by atoms with Crippen LogP contribution in [0.3, 0.4) is 0 Å². The zero-order chi connectivity index (χ0) is 16.7. The maximum atomic E-state index is 12.4. The van der Waals surface area contributed by atoms with Crippen LogP contribution in [0.5, 0.6) is 11.5 Å². The number of ketones is 1. The molecule has 0 saturated carbocycles. The summed E-state index contributed by atoms with van der Waals surface area (Å²) in [5.41, 5.74) is 0.508. The van der Waals surface area contributed by atoms with E-state index >= 15 is 0 Å². The van der Waals surface area contributed by atoms with Gasteiger partial charge in [-0.05, 0) is 12.1 Å². The Balaban J connectivity index is 2.01. The number of hydrogen-bond acceptors (Lipinski definition) is 5. The van der Waals surface area contributed by atoms with Gasteiger partial charge in [0.25, 0.3) is 0 Å². The Labute approximate surface area is 137 Å². The van der Waals surface area contributed by atoms with E-state index in [1.807, 2.05) is 12.3 Å². The highest BCUT2D eigenvalue weighted by molar-refractivity contribution is 6.07. The van der Waals surface area contributed by atoms with Gasteiger partial charge in [0, 0.05) is 45.0 Å². The minimum Gasteiger partial charge on any atom is -0.493 e. The molecule has 1 fully saturated rings. The van der Waals surface area contributed by atoms with Crippen molar-refractivity contribution < 1.29 is 14.3 Å². The molecule has 0 amide bonds. The van der Waals surface area contributed by atoms with Crippen molar-refractivity contribution in [2.75, 3.05) is 46.9 Å². The minimum atomic E-state index is -0.0886. The third kappa shape index (κ3) is 4.36. The van der Waals surface area contributed by atoms with Crippen LogP contribution in [-0.4, -0.2) is 62.5 Å². The van der Waals surface area contributed by atoms with E-state index in [1.54, 1.807) is 31.4 Å². The van der Waals surface area contributed by atoms with Crippen LogP contribution >= 0.6 is 0 Å². The van der Waals surface area contributed by atoms with E-state index in [4.69, 9.17) is 9.47 Å². The molecule has 0 bridgehead atoms. The van der Waals surface area contributed by atoms with Gasteiger partial charge in [-0.3, -0.25) is 9.69 Å². The van der Waals surface area contributed by atoms with E-state index in [0.717, 1.165) is 32.7 Å². The van der Waals surface area contributed by atoms with Gasteiger partial charge in [-0.1, -0.05) is 12.1 Å². The number of ether oxygens (including phenoxy) is 2. The standard InChI is InChI=1S/C18H24N2O3/c1-4-9-19-11-13-20(14-12-19)10-8-16(21)15-6-5-7-17(22-2)18(15)23-3/h4-8,10H,1,9,11-14H2,2-3H3. The Bertz CT molecular complexity index is 576. The first-order valence-electron chi connectivity index (χ1n) is 7.70. The highest BCUT2D eigenvalue weighted by Crippen LogP contribution is 2.31. The zero-order valence-corrected chi connectivity index (χ0v) is 13.8. The molecule has 124 valence electrons. The number of nitrogens with zero attached hydrogens (tertiary/aromatic N) is 2. The third-order valence-corrected chi connectivity index (χ3v) is 3.90. The number of carbonyl (C=O) groups is 1. The van der Waals surface area contributed by atoms with Gasteiger partial charge in [0.05, 0.1) is 19.8 Å². The molecule has 0 aromatic heterocycles. The van der Waals surface area contributed by atoms with Crippen molar-refractivity contribution in [3.05, 3.63) is 48.7 Å². The Kier molecular flexibility index (Phi) is 6.23. The number of piperazine rings is 1. The second-order valence-corrected chi connectivity index (χ2v) is 5.35. The van der Waals surface area contributed by atoms with E-state index in [1.165, 1.54) is 7.11 Å². The van der Waals surface area contributed by atoms with Crippen molar-refractivity contribution in [2.45, 2.75) is 0 Å². The Hall–Kier alpha value is -2.27. The number of rotatable bonds is 7. The van der Waals surface area contributed by atoms with Gasteiger partial charge >= 0.3 is 0 Å². The molecule has 1 aliphatic heterocycles. The molecule has 0 N–H and O–H groups in total. The van der Waals surface area contributed by atoms with Gasteiger partial charge in [0.15, 0.2) is 17.3 Å². The van der Waals surface area contributed by atoms with Gasteiger partial charge in [0.1, 0.15) is 0 Å². The van der Waals surface area contributed by atoms with E-state index in [9.17, 15) is 4.79 Å². The van der Waals surface area contributed by atoms with Crippen molar-refractivity contribution in [3.8, 4) is 11.5 Å². The molecule has 1 heterocycles. The van der Waals surface area contributed by atoms with Gasteiger partial charge in [0.2, 0.25) is 0 Å². The first-order valence-corrected chi connectivity index (χ1v) is 7.70. The molecule has 5 heteroatoms. The second-order valence-electron chi connectivity index (χ2n) is 5.35. The Morgan fingerprint density at radius 2 is 1.96 bits per heavy atom. The van der Waals surface area contributed by atoms with Crippen LogP contribution < -0.4 is 9.47 Å². The summed E-state index contributed by atoms with van der Waals surface area (Å²) in [7, 11) is 3.10. The third-order valence-electron chi connectivity index (χ3n) is 3.90. The van der Waals surface area contributed by atoms with Gasteiger partial charge in [-0.15, -0.1) is 6.58 Å². The number of para-hydroxylation sites is 1. The Morgan fingerprint density at radius 1 is 1.22 bits per heavy atom. The lowest BCUT2D eigenvalue weighted by atomic mass is 10.1. The largest absolute Gasteiger partial charge is 0.493 e. The summed E-state index contributed by atoms with van der Waals surface area (Å²) >= 11 is 0. The predicted molar refractivity (Wildman–Crippen MR) is 91.2 cm³/mol. The average Bonchev–Trinajstić information content (AvgIpc) is 2.60. The topological polar surface area (TPSA) is 42.0 Å². The highest BCUT2D eigenvalue weighted by Gasteiger charge is 2.16. The quantitative estimate of drug-likeness (QED) is 0.438. The van der Waals surface area contributed by atoms with Crippen LogP contribution in [0, 0.1) is 0 Å². The number of carbonyl (C=O) groups excluding carboxylic acids is 1. The SMILES string of the molecule is C=CCN1CCN(C=CC(=O)c2cccc(OC)c2OC)CC1. The fraction of sp³-hybridized carbons (Fsp3) is 0.389. The van der Waals surface area contributed by atoms with Crippen molar-refractivity contribution >= 4 is 5.78 Å². The number of allylic oxidation sites excluding steroid dienone is 1. The van der Waals surface area contributed by atoms with Crippen molar-refractivity contribution in [3.63, 3.8) is 0 Å². The lowest BCUT2D eigenvalue weighted by Crippen LogP contribution is -2.43. The minimum absolute atomic E-state index is 0.0886. The van der Waals surface area contributed by atoms with Crippen molar-refractivity contribution in [1.29, 1.82) is 0 Å². The van der Waals surface area contributed by atoms with E-state index in [0.29, 0.717) is 17.1 Å². The molecular formula is C18H24N2O3. The van der Waals surface area contributed by atoms with Gasteiger partial charge in [-0.2, -0.15) is 0 Å². The van der Waals surface area contributed by atoms with Crippen LogP contribution in [-0.2, 0) is 0 Å². The summed E-state index contributed by atoms with van der Waals surface area (Å²) in [4.78, 5) is 16.9. The summed E-state index contributed by atoms with van der Waals surface area (Å²) < 4.78 is 10.5. The molecule has 0 unspecified atom stereocenters. The van der Waals surface area contributed by atoms with Crippen molar-refractivity contribution in [2.24, 2.45) is 0 Å². The maximum absolute atomic E-state index is 12.4. The normalized spacial score (nSPS) is 15.7. The predicted octanol–water partition coefficient (Wildman–Crippen LogP) is 2.20. The lowest BCUT2D eigenvalue weighted by Gasteiger charge is -2.33. The van der Waals surface area contributed by atoms with E-state index in [-0.39, 0.29) is 5.78 Å². The fourth-order valence-electron chi connectivity index (χ4n) is 2.62. The summed E-state index contributed by atoms with van der Waals surface area (Å²) in [6.07, 6.45) is 5.39. The molecule has 0 aliphatic carbocycles. The van der Waals surface area contributed by atoms with Crippen LogP contribution in [0.15, 0.2) is 43.1 Å². The van der Waals surface area contributed by atoms with Crippen LogP contribution in [0.4, 0.5) is 0 Å². The van der Waals surface area contributed by atoms with Crippen LogP contribution in [0.25, 0.3) is 0 Å². The fourth-order valence-corrected chi connectivity index (χ4v) is 2.62. The lowest BCUT2D eigenvalue weighted by molar-refractivity contribution is 0.104. The zero-order valence-electron chi connectivity index (χ0n) is 13.8. The summed E-state index contributed by atoms with van der Waals surface area (Å²) in [6.45, 7) is 8.45. The molecule has 1 aromatic rings. The molecule has 0 spiro atoms. The number of hydrogen-bond donors (Lipinski definition) is 0. The maximum Gasteiger partial charge on any atom is 0.191 e. The molecule has 1 saturated heterocycles. The molecular weight excluding hydrogens is 292 g/mol. The molecule has 1 aliphatic rings. The van der Waals surface area contributed by atoms with Crippen molar-refractivity contribution in [1.82, 2.24) is 9.80 Å². The average molecular weight is 316 g/mol. The summed E-state index contributed by atoms with van der Waals surface area (Å²) in [5, 5.41) is 0. The first-order chi connectivity index (χ1) is 11.2. The molecule has 0 radical (unpaired) electrons. The molecule has 0 atom stereocenters. The summed E-state index contributed by atoms with van der Waals surface area (Å²) in [5.74, 6) is 0.944. The number of methoxy groups -OCH3 is 2. The van der Waals surface area contributed by atoms with Crippen LogP contribution in [0.1, 0.15) is 10.4 Å². The molecule has 2 rings (SSSR count). The number of benzene rings is 1. The molecule has 23 heavy (non-hydrogen) atoms. The van der Waals surface area contributed by atoms with Crippen LogP contribution in [0.2, 0.25) is 0 Å². The molecule has 1 aromatic carbocycles. The van der Waals surface area contributed by atoms with E-state index < -0.39 is 0 Å². The van der Waals surface area contributed by atoms with E-state index in [2.05, 4.69) is 16.4 Å². The van der Waals surface area contributed by atoms with Gasteiger partial charge in [-0.25, -0.2) is 0 Å². The van der Waals surface area contributed by atoms with Gasteiger partial charge < -0.3 is 14.4 Å². The first kappa shape index (κ1) is 17.1. The monoisotopic (exact) mass is 316 g/mol. The second kappa shape index (κ2) is 8.39. The Morgan fingerprint density at radius 3 is 2.57 bits per heavy atom. The molecule has 5 nitrogen and oxygen atoms in total. The highest BCUT2D eigenvalue weighted by atomic mass is 16.5. The smallest absolute Gasteiger partial charge is 0.191 e.